The summed E-state index contributed by atoms with van der Waals surface area (Å²) in [6.07, 6.45) is 0. The normalized spacial score (nSPS) is 19.2. The number of piperazine rings is 1. The molecule has 96 valence electrons. The lowest BCUT2D eigenvalue weighted by molar-refractivity contribution is -0.885. The number of carbonyl (C=O) groups is 2. The molecule has 6 heteroatoms. The Morgan fingerprint density at radius 3 is 3.06 bits per heavy atom. The first-order valence-corrected chi connectivity index (χ1v) is 6.17. The first-order valence-electron chi connectivity index (χ1n) is 5.79. The molecular weight excluding hydrogens is 254 g/mol. The summed E-state index contributed by atoms with van der Waals surface area (Å²) < 4.78 is 0. The Labute approximate surface area is 110 Å². The van der Waals surface area contributed by atoms with Gasteiger partial charge in [-0.3, -0.25) is 9.59 Å². The Morgan fingerprint density at radius 2 is 2.33 bits per heavy atom. The van der Waals surface area contributed by atoms with Crippen LogP contribution in [0.5, 0.6) is 0 Å². The molecule has 0 radical (unpaired) electrons. The molecule has 0 bridgehead atoms. The molecule has 2 amide bonds. The molecule has 0 spiro atoms. The van der Waals surface area contributed by atoms with Gasteiger partial charge in [-0.25, -0.2) is 0 Å². The summed E-state index contributed by atoms with van der Waals surface area (Å²) in [5, 5.41) is 6.08. The first kappa shape index (κ1) is 12.9. The lowest BCUT2D eigenvalue weighted by atomic mass is 10.3. The van der Waals surface area contributed by atoms with E-state index in [0.29, 0.717) is 30.3 Å². The van der Waals surface area contributed by atoms with Crippen molar-refractivity contribution in [1.82, 2.24) is 5.32 Å². The molecule has 1 aromatic rings. The molecule has 18 heavy (non-hydrogen) atoms. The van der Waals surface area contributed by atoms with E-state index in [1.807, 2.05) is 0 Å². The van der Waals surface area contributed by atoms with Crippen molar-refractivity contribution in [3.63, 3.8) is 0 Å². The van der Waals surface area contributed by atoms with Crippen molar-refractivity contribution in [1.29, 1.82) is 0 Å². The molecule has 1 aliphatic rings. The fourth-order valence-corrected chi connectivity index (χ4v) is 2.10. The van der Waals surface area contributed by atoms with Gasteiger partial charge in [0.15, 0.2) is 13.1 Å². The number of carbonyl (C=O) groups excluding carboxylic acids is 2. The minimum atomic E-state index is -0.109. The van der Waals surface area contributed by atoms with Crippen molar-refractivity contribution in [2.45, 2.75) is 0 Å². The largest absolute Gasteiger partial charge is 0.346 e. The molecule has 1 aliphatic heterocycles. The highest BCUT2D eigenvalue weighted by molar-refractivity contribution is 6.30. The summed E-state index contributed by atoms with van der Waals surface area (Å²) in [6.45, 7) is 2.04. The van der Waals surface area contributed by atoms with E-state index < -0.39 is 0 Å². The molecule has 1 aromatic carbocycles. The summed E-state index contributed by atoms with van der Waals surface area (Å²) in [4.78, 5) is 23.9. The molecule has 1 fully saturated rings. The Balaban J connectivity index is 1.86. The number of amides is 2. The van der Waals surface area contributed by atoms with Crippen molar-refractivity contribution >= 4 is 29.1 Å². The van der Waals surface area contributed by atoms with E-state index >= 15 is 0 Å². The van der Waals surface area contributed by atoms with Gasteiger partial charge in [0.05, 0.1) is 13.1 Å². The zero-order valence-electron chi connectivity index (χ0n) is 9.83. The van der Waals surface area contributed by atoms with Gasteiger partial charge in [0.1, 0.15) is 0 Å². The van der Waals surface area contributed by atoms with Gasteiger partial charge in [-0.2, -0.15) is 0 Å². The van der Waals surface area contributed by atoms with Crippen molar-refractivity contribution in [2.24, 2.45) is 0 Å². The highest BCUT2D eigenvalue weighted by atomic mass is 35.5. The van der Waals surface area contributed by atoms with Crippen LogP contribution < -0.4 is 15.5 Å². The van der Waals surface area contributed by atoms with Crippen molar-refractivity contribution < 1.29 is 14.5 Å². The second kappa shape index (κ2) is 5.84. The minimum Gasteiger partial charge on any atom is -0.346 e. The number of anilines is 1. The van der Waals surface area contributed by atoms with Crippen LogP contribution >= 0.6 is 11.6 Å². The third-order valence-electron chi connectivity index (χ3n) is 2.73. The van der Waals surface area contributed by atoms with Crippen LogP contribution in [0.4, 0.5) is 5.69 Å². The van der Waals surface area contributed by atoms with Gasteiger partial charge in [-0.05, 0) is 18.2 Å². The van der Waals surface area contributed by atoms with Gasteiger partial charge in [-0.15, -0.1) is 0 Å². The van der Waals surface area contributed by atoms with Crippen molar-refractivity contribution in [3.05, 3.63) is 29.3 Å². The van der Waals surface area contributed by atoms with Crippen LogP contribution in [0.3, 0.4) is 0 Å². The van der Waals surface area contributed by atoms with E-state index in [1.165, 1.54) is 0 Å². The van der Waals surface area contributed by atoms with Gasteiger partial charge in [0.25, 0.3) is 11.8 Å². The first-order chi connectivity index (χ1) is 8.63. The fraction of sp³-hybridized carbons (Fsp3) is 0.333. The predicted octanol–water partition coefficient (Wildman–Crippen LogP) is -0.707. The predicted molar refractivity (Wildman–Crippen MR) is 68.7 cm³/mol. The molecule has 1 unspecified atom stereocenters. The molecule has 0 aliphatic carbocycles. The number of halogens is 1. The van der Waals surface area contributed by atoms with Crippen LogP contribution in [0, 0.1) is 0 Å². The van der Waals surface area contributed by atoms with Gasteiger partial charge in [-0.1, -0.05) is 17.7 Å². The molecule has 1 saturated heterocycles. The molecular formula is C12H15ClN3O2+. The van der Waals surface area contributed by atoms with E-state index in [4.69, 9.17) is 11.6 Å². The zero-order chi connectivity index (χ0) is 13.0. The summed E-state index contributed by atoms with van der Waals surface area (Å²) in [6, 6.07) is 7.00. The SMILES string of the molecule is O=C1C[NH+](CC(=O)Nc2cccc(Cl)c2)CCN1. The third kappa shape index (κ3) is 3.72. The Hall–Kier alpha value is -1.59. The van der Waals surface area contributed by atoms with Crippen LogP contribution in [0.25, 0.3) is 0 Å². The number of hydrogen-bond donors (Lipinski definition) is 3. The second-order valence-corrected chi connectivity index (χ2v) is 4.70. The van der Waals surface area contributed by atoms with Crippen molar-refractivity contribution in [3.8, 4) is 0 Å². The lowest BCUT2D eigenvalue weighted by Crippen LogP contribution is -3.16. The summed E-state index contributed by atoms with van der Waals surface area (Å²) >= 11 is 5.83. The van der Waals surface area contributed by atoms with Crippen molar-refractivity contribution in [2.75, 3.05) is 31.5 Å². The monoisotopic (exact) mass is 268 g/mol. The fourth-order valence-electron chi connectivity index (χ4n) is 1.91. The number of benzene rings is 1. The van der Waals surface area contributed by atoms with Crippen LogP contribution in [0.15, 0.2) is 24.3 Å². The molecule has 3 N–H and O–H groups in total. The van der Waals surface area contributed by atoms with Crippen LogP contribution in [0.1, 0.15) is 0 Å². The van der Waals surface area contributed by atoms with E-state index in [9.17, 15) is 9.59 Å². The second-order valence-electron chi connectivity index (χ2n) is 4.26. The van der Waals surface area contributed by atoms with Gasteiger partial charge in [0, 0.05) is 10.7 Å². The maximum atomic E-state index is 11.8. The smallest absolute Gasteiger partial charge is 0.279 e. The number of nitrogens with one attached hydrogen (secondary N) is 3. The lowest BCUT2D eigenvalue weighted by Gasteiger charge is -2.22. The Bertz CT molecular complexity index is 464. The number of hydrogen-bond acceptors (Lipinski definition) is 2. The number of rotatable bonds is 3. The van der Waals surface area contributed by atoms with Gasteiger partial charge in [0.2, 0.25) is 0 Å². The third-order valence-corrected chi connectivity index (χ3v) is 2.97. The summed E-state index contributed by atoms with van der Waals surface area (Å²) in [5.74, 6) is -0.117. The van der Waals surface area contributed by atoms with Gasteiger partial charge >= 0.3 is 0 Å². The van der Waals surface area contributed by atoms with E-state index in [1.54, 1.807) is 24.3 Å². The standard InChI is InChI=1S/C12H14ClN3O2/c13-9-2-1-3-10(6-9)15-12(18)8-16-5-4-14-11(17)7-16/h1-3,6H,4-5,7-8H2,(H,14,17)(H,15,18)/p+1. The molecule has 0 saturated carbocycles. The highest BCUT2D eigenvalue weighted by Gasteiger charge is 2.21. The minimum absolute atomic E-state index is 0.00759. The number of quaternary nitrogens is 1. The summed E-state index contributed by atoms with van der Waals surface area (Å²) in [5.41, 5.74) is 0.674. The maximum Gasteiger partial charge on any atom is 0.279 e. The van der Waals surface area contributed by atoms with E-state index in [2.05, 4.69) is 10.6 Å². The Morgan fingerprint density at radius 1 is 1.50 bits per heavy atom. The molecule has 5 nitrogen and oxygen atoms in total. The quantitative estimate of drug-likeness (QED) is 0.678. The molecule has 1 atom stereocenters. The van der Waals surface area contributed by atoms with Gasteiger partial charge < -0.3 is 15.5 Å². The topological polar surface area (TPSA) is 62.6 Å². The van der Waals surface area contributed by atoms with Crippen LogP contribution in [-0.4, -0.2) is 38.0 Å². The van der Waals surface area contributed by atoms with E-state index in [0.717, 1.165) is 11.4 Å². The molecule has 2 rings (SSSR count). The highest BCUT2D eigenvalue weighted by Crippen LogP contribution is 2.14. The van der Waals surface area contributed by atoms with Crippen LogP contribution in [0.2, 0.25) is 5.02 Å². The zero-order valence-corrected chi connectivity index (χ0v) is 10.6. The molecule has 1 heterocycles. The Kier molecular flexibility index (Phi) is 4.17. The average molecular weight is 269 g/mol. The summed E-state index contributed by atoms with van der Waals surface area (Å²) in [7, 11) is 0. The average Bonchev–Trinajstić information content (AvgIpc) is 2.28. The van der Waals surface area contributed by atoms with E-state index in [-0.39, 0.29) is 11.8 Å². The maximum absolute atomic E-state index is 11.8. The molecule has 0 aromatic heterocycles. The van der Waals surface area contributed by atoms with Crippen LogP contribution in [-0.2, 0) is 9.59 Å².